The second-order valence-electron chi connectivity index (χ2n) is 7.80. The van der Waals surface area contributed by atoms with Gasteiger partial charge in [-0.1, -0.05) is 13.8 Å². The minimum absolute atomic E-state index is 0.00334. The van der Waals surface area contributed by atoms with Gasteiger partial charge in [0.1, 0.15) is 0 Å². The van der Waals surface area contributed by atoms with Crippen LogP contribution in [0.3, 0.4) is 0 Å². The molecule has 2 heterocycles. The maximum Gasteiger partial charge on any atom is 0.317 e. The number of morpholine rings is 1. The van der Waals surface area contributed by atoms with Crippen LogP contribution in [0.5, 0.6) is 0 Å². The molecule has 0 radical (unpaired) electrons. The highest BCUT2D eigenvalue weighted by Crippen LogP contribution is 2.22. The number of hydrogen-bond acceptors (Lipinski definition) is 5. The van der Waals surface area contributed by atoms with Gasteiger partial charge in [0.25, 0.3) is 0 Å². The van der Waals surface area contributed by atoms with Gasteiger partial charge in [0.05, 0.1) is 25.2 Å². The molecule has 0 bridgehead atoms. The zero-order valence-electron chi connectivity index (χ0n) is 16.7. The van der Waals surface area contributed by atoms with E-state index in [9.17, 15) is 14.4 Å². The highest BCUT2D eigenvalue weighted by atomic mass is 16.5. The summed E-state index contributed by atoms with van der Waals surface area (Å²) in [4.78, 5) is 41.6. The molecule has 2 rings (SSSR count). The number of rotatable bonds is 7. The Kier molecular flexibility index (Phi) is 8.04. The minimum atomic E-state index is -0.880. The van der Waals surface area contributed by atoms with E-state index in [1.165, 1.54) is 0 Å². The van der Waals surface area contributed by atoms with E-state index in [0.29, 0.717) is 32.8 Å². The molecule has 0 spiro atoms. The second kappa shape index (κ2) is 10.0. The van der Waals surface area contributed by atoms with Gasteiger partial charge in [-0.15, -0.1) is 0 Å². The van der Waals surface area contributed by atoms with Crippen molar-refractivity contribution >= 4 is 17.8 Å². The van der Waals surface area contributed by atoms with Gasteiger partial charge >= 0.3 is 5.97 Å². The smallest absolute Gasteiger partial charge is 0.317 e. The van der Waals surface area contributed by atoms with Crippen molar-refractivity contribution in [2.75, 3.05) is 52.9 Å². The van der Waals surface area contributed by atoms with Crippen molar-refractivity contribution in [2.45, 2.75) is 39.2 Å². The maximum absolute atomic E-state index is 13.0. The van der Waals surface area contributed by atoms with Crippen LogP contribution >= 0.6 is 0 Å². The first-order valence-electron chi connectivity index (χ1n) is 9.91. The number of likely N-dealkylation sites (N-methyl/N-ethyl adjacent to an activating group) is 1. The minimum Gasteiger partial charge on any atom is -0.480 e. The van der Waals surface area contributed by atoms with Crippen LogP contribution in [0.2, 0.25) is 0 Å². The first kappa shape index (κ1) is 21.6. The standard InChI is InChI=1S/C19H33N3O5/c1-4-14(2)18(25)21-7-5-6-15(10-21)19(26)22-8-9-27-16(12-22)11-20(3)13-17(23)24/h14-16H,4-13H2,1-3H3,(H,23,24). The van der Waals surface area contributed by atoms with Crippen molar-refractivity contribution in [1.29, 1.82) is 0 Å². The first-order chi connectivity index (χ1) is 12.8. The number of carbonyl (C=O) groups excluding carboxylic acids is 2. The van der Waals surface area contributed by atoms with E-state index in [1.807, 2.05) is 23.6 Å². The average molecular weight is 383 g/mol. The summed E-state index contributed by atoms with van der Waals surface area (Å²) < 4.78 is 5.71. The normalized spacial score (nSPS) is 24.7. The van der Waals surface area contributed by atoms with E-state index in [4.69, 9.17) is 9.84 Å². The molecule has 2 fully saturated rings. The lowest BCUT2D eigenvalue weighted by molar-refractivity contribution is -0.149. The molecular formula is C19H33N3O5. The predicted molar refractivity (Wildman–Crippen MR) is 100 cm³/mol. The number of likely N-dealkylation sites (tertiary alicyclic amines) is 1. The number of aliphatic carboxylic acids is 1. The number of carboxylic acids is 1. The molecule has 154 valence electrons. The van der Waals surface area contributed by atoms with E-state index >= 15 is 0 Å². The van der Waals surface area contributed by atoms with Crippen LogP contribution in [-0.4, -0.2) is 96.6 Å². The van der Waals surface area contributed by atoms with Gasteiger partial charge in [-0.3, -0.25) is 19.3 Å². The topological polar surface area (TPSA) is 90.4 Å². The molecule has 0 saturated carbocycles. The number of carboxylic acid groups (broad SMARTS) is 1. The lowest BCUT2D eigenvalue weighted by Gasteiger charge is -2.39. The zero-order valence-corrected chi connectivity index (χ0v) is 16.7. The summed E-state index contributed by atoms with van der Waals surface area (Å²) >= 11 is 0. The van der Waals surface area contributed by atoms with Gasteiger partial charge in [-0.2, -0.15) is 0 Å². The van der Waals surface area contributed by atoms with E-state index < -0.39 is 5.97 Å². The molecule has 3 atom stereocenters. The van der Waals surface area contributed by atoms with Crippen molar-refractivity contribution in [1.82, 2.24) is 14.7 Å². The van der Waals surface area contributed by atoms with Crippen molar-refractivity contribution in [3.63, 3.8) is 0 Å². The highest BCUT2D eigenvalue weighted by Gasteiger charge is 2.34. The number of hydrogen-bond donors (Lipinski definition) is 1. The number of carbonyl (C=O) groups is 3. The van der Waals surface area contributed by atoms with Gasteiger partial charge in [-0.25, -0.2) is 0 Å². The molecule has 3 unspecified atom stereocenters. The number of nitrogens with zero attached hydrogens (tertiary/aromatic N) is 3. The summed E-state index contributed by atoms with van der Waals surface area (Å²) in [6, 6.07) is 0. The fourth-order valence-electron chi connectivity index (χ4n) is 3.80. The van der Waals surface area contributed by atoms with Crippen LogP contribution in [0, 0.1) is 11.8 Å². The monoisotopic (exact) mass is 383 g/mol. The van der Waals surface area contributed by atoms with Crippen molar-refractivity contribution in [3.05, 3.63) is 0 Å². The molecule has 0 aromatic carbocycles. The Hall–Kier alpha value is -1.67. The fraction of sp³-hybridized carbons (Fsp3) is 0.842. The molecule has 27 heavy (non-hydrogen) atoms. The Morgan fingerprint density at radius 3 is 2.63 bits per heavy atom. The van der Waals surface area contributed by atoms with E-state index in [2.05, 4.69) is 0 Å². The summed E-state index contributed by atoms with van der Waals surface area (Å²) in [5.41, 5.74) is 0. The lowest BCUT2D eigenvalue weighted by atomic mass is 9.94. The number of ether oxygens (including phenoxy) is 1. The van der Waals surface area contributed by atoms with E-state index in [-0.39, 0.29) is 36.3 Å². The fourth-order valence-corrected chi connectivity index (χ4v) is 3.80. The first-order valence-corrected chi connectivity index (χ1v) is 9.91. The molecule has 0 aliphatic carbocycles. The van der Waals surface area contributed by atoms with Crippen LogP contribution in [0.1, 0.15) is 33.1 Å². The predicted octanol–water partition coefficient (Wildman–Crippen LogP) is 0.515. The third kappa shape index (κ3) is 6.17. The quantitative estimate of drug-likeness (QED) is 0.689. The average Bonchev–Trinajstić information content (AvgIpc) is 2.65. The summed E-state index contributed by atoms with van der Waals surface area (Å²) in [6.45, 7) is 7.08. The maximum atomic E-state index is 13.0. The summed E-state index contributed by atoms with van der Waals surface area (Å²) in [5.74, 6) is -0.802. The van der Waals surface area contributed by atoms with Crippen LogP contribution in [-0.2, 0) is 19.1 Å². The van der Waals surface area contributed by atoms with Crippen molar-refractivity contribution in [3.8, 4) is 0 Å². The van der Waals surface area contributed by atoms with Crippen LogP contribution in [0.15, 0.2) is 0 Å². The van der Waals surface area contributed by atoms with E-state index in [1.54, 1.807) is 11.9 Å². The van der Waals surface area contributed by atoms with Crippen molar-refractivity contribution in [2.24, 2.45) is 11.8 Å². The molecular weight excluding hydrogens is 350 g/mol. The molecule has 2 saturated heterocycles. The zero-order chi connectivity index (χ0) is 20.0. The molecule has 8 heteroatoms. The molecule has 0 aromatic rings. The molecule has 2 amide bonds. The second-order valence-corrected chi connectivity index (χ2v) is 7.80. The molecule has 1 N–H and O–H groups in total. The number of piperidine rings is 1. The molecule has 8 nitrogen and oxygen atoms in total. The van der Waals surface area contributed by atoms with Crippen molar-refractivity contribution < 1.29 is 24.2 Å². The Morgan fingerprint density at radius 1 is 1.22 bits per heavy atom. The molecule has 2 aliphatic rings. The Balaban J connectivity index is 1.90. The third-order valence-electron chi connectivity index (χ3n) is 5.49. The van der Waals surface area contributed by atoms with E-state index in [0.717, 1.165) is 25.8 Å². The Labute approximate surface area is 161 Å². The van der Waals surface area contributed by atoms with Gasteiger partial charge < -0.3 is 19.6 Å². The summed E-state index contributed by atoms with van der Waals surface area (Å²) in [6.07, 6.45) is 2.29. The van der Waals surface area contributed by atoms with Crippen LogP contribution < -0.4 is 0 Å². The third-order valence-corrected chi connectivity index (χ3v) is 5.49. The van der Waals surface area contributed by atoms with Gasteiger partial charge in [0, 0.05) is 38.6 Å². The Morgan fingerprint density at radius 2 is 1.96 bits per heavy atom. The summed E-state index contributed by atoms with van der Waals surface area (Å²) in [5, 5.41) is 8.87. The van der Waals surface area contributed by atoms with Crippen LogP contribution in [0.25, 0.3) is 0 Å². The van der Waals surface area contributed by atoms with Gasteiger partial charge in [0.2, 0.25) is 11.8 Å². The Bertz CT molecular complexity index is 541. The van der Waals surface area contributed by atoms with Crippen LogP contribution in [0.4, 0.5) is 0 Å². The summed E-state index contributed by atoms with van der Waals surface area (Å²) in [7, 11) is 1.73. The molecule has 0 aromatic heterocycles. The highest BCUT2D eigenvalue weighted by molar-refractivity contribution is 5.82. The lowest BCUT2D eigenvalue weighted by Crippen LogP contribution is -2.53. The van der Waals surface area contributed by atoms with Gasteiger partial charge in [0.15, 0.2) is 0 Å². The largest absolute Gasteiger partial charge is 0.480 e. The SMILES string of the molecule is CCC(C)C(=O)N1CCCC(C(=O)N2CCOC(CN(C)CC(=O)O)C2)C1. The van der Waals surface area contributed by atoms with Gasteiger partial charge in [-0.05, 0) is 26.3 Å². The molecule has 2 aliphatic heterocycles. The number of amides is 2.